The average molecular weight is 301 g/mol. The number of rotatable bonds is 4. The fourth-order valence-corrected chi connectivity index (χ4v) is 6.30. The molecular formula is C16H25ClO3. The van der Waals surface area contributed by atoms with Crippen LogP contribution >= 0.6 is 11.6 Å². The summed E-state index contributed by atoms with van der Waals surface area (Å²) in [4.78, 5) is 0.0541. The van der Waals surface area contributed by atoms with E-state index in [1.165, 1.54) is 19.3 Å². The standard InChI is InChI=1S/C16H25ClO3/c1-3-18-13-14(19-4-2)20-16(13)11-5-10-6-12(16)9-15(17,7-10)8-11/h10-14H,3-9H2,1-2H3/t10?,11-,12+,13-,14+,15?,16?/m0/s1. The van der Waals surface area contributed by atoms with Gasteiger partial charge in [-0.1, -0.05) is 0 Å². The zero-order valence-corrected chi connectivity index (χ0v) is 13.2. The number of ether oxygens (including phenoxy) is 3. The highest BCUT2D eigenvalue weighted by molar-refractivity contribution is 6.24. The summed E-state index contributed by atoms with van der Waals surface area (Å²) in [5.74, 6) is 1.95. The quantitative estimate of drug-likeness (QED) is 0.745. The van der Waals surface area contributed by atoms with Gasteiger partial charge in [-0.3, -0.25) is 0 Å². The van der Waals surface area contributed by atoms with Gasteiger partial charge in [0.25, 0.3) is 0 Å². The van der Waals surface area contributed by atoms with Crippen molar-refractivity contribution in [3.8, 4) is 0 Å². The molecule has 4 saturated carbocycles. The van der Waals surface area contributed by atoms with Crippen molar-refractivity contribution in [1.29, 1.82) is 0 Å². The third kappa shape index (κ3) is 1.70. The summed E-state index contributed by atoms with van der Waals surface area (Å²) < 4.78 is 18.1. The molecule has 0 N–H and O–H groups in total. The predicted octanol–water partition coefficient (Wildman–Crippen LogP) is 3.34. The van der Waals surface area contributed by atoms with Gasteiger partial charge < -0.3 is 14.2 Å². The third-order valence-corrected chi connectivity index (χ3v) is 6.54. The normalized spacial score (nSPS) is 56.2. The Labute approximate surface area is 126 Å². The zero-order valence-electron chi connectivity index (χ0n) is 12.4. The van der Waals surface area contributed by atoms with Gasteiger partial charge >= 0.3 is 0 Å². The van der Waals surface area contributed by atoms with E-state index in [9.17, 15) is 0 Å². The summed E-state index contributed by atoms with van der Waals surface area (Å²) in [7, 11) is 0. The number of hydrogen-bond donors (Lipinski definition) is 0. The molecule has 3 unspecified atom stereocenters. The van der Waals surface area contributed by atoms with Crippen molar-refractivity contribution in [2.24, 2.45) is 17.8 Å². The minimum atomic E-state index is -0.163. The van der Waals surface area contributed by atoms with E-state index in [0.717, 1.165) is 25.4 Å². The molecule has 3 nitrogen and oxygen atoms in total. The molecule has 0 aromatic carbocycles. The first-order valence-electron chi connectivity index (χ1n) is 8.21. The van der Waals surface area contributed by atoms with E-state index in [1.54, 1.807) is 0 Å². The van der Waals surface area contributed by atoms with Crippen molar-refractivity contribution in [2.45, 2.75) is 68.8 Å². The summed E-state index contributed by atoms with van der Waals surface area (Å²) in [6.45, 7) is 5.49. The van der Waals surface area contributed by atoms with Crippen molar-refractivity contribution in [3.63, 3.8) is 0 Å². The summed E-state index contributed by atoms with van der Waals surface area (Å²) >= 11 is 6.83. The van der Waals surface area contributed by atoms with Crippen LogP contribution in [0.15, 0.2) is 0 Å². The highest BCUT2D eigenvalue weighted by Crippen LogP contribution is 2.67. The highest BCUT2D eigenvalue weighted by Gasteiger charge is 2.72. The molecule has 1 heterocycles. The predicted molar refractivity (Wildman–Crippen MR) is 76.8 cm³/mol. The lowest BCUT2D eigenvalue weighted by atomic mass is 9.47. The minimum Gasteiger partial charge on any atom is -0.370 e. The van der Waals surface area contributed by atoms with Gasteiger partial charge in [-0.2, -0.15) is 0 Å². The Hall–Kier alpha value is 0.170. The maximum atomic E-state index is 6.83. The fraction of sp³-hybridized carbons (Fsp3) is 1.00. The van der Waals surface area contributed by atoms with Gasteiger partial charge in [-0.15, -0.1) is 11.6 Å². The molecule has 20 heavy (non-hydrogen) atoms. The number of alkyl halides is 1. The van der Waals surface area contributed by atoms with Gasteiger partial charge in [-0.25, -0.2) is 0 Å². The van der Waals surface area contributed by atoms with Crippen LogP contribution in [0, 0.1) is 17.8 Å². The van der Waals surface area contributed by atoms with Gasteiger partial charge in [0.1, 0.15) is 11.7 Å². The van der Waals surface area contributed by atoms with E-state index in [2.05, 4.69) is 6.92 Å². The van der Waals surface area contributed by atoms with Crippen molar-refractivity contribution in [3.05, 3.63) is 0 Å². The van der Waals surface area contributed by atoms with Crippen LogP contribution in [-0.4, -0.2) is 36.1 Å². The van der Waals surface area contributed by atoms with E-state index in [-0.39, 0.29) is 22.9 Å². The molecule has 1 aliphatic heterocycles. The van der Waals surface area contributed by atoms with Crippen molar-refractivity contribution < 1.29 is 14.2 Å². The lowest BCUT2D eigenvalue weighted by molar-refractivity contribution is -0.427. The van der Waals surface area contributed by atoms with Gasteiger partial charge in [0.15, 0.2) is 6.29 Å². The molecule has 7 atom stereocenters. The summed E-state index contributed by atoms with van der Waals surface area (Å²) in [6.07, 6.45) is 5.91. The van der Waals surface area contributed by atoms with Crippen LogP contribution in [0.3, 0.4) is 0 Å². The molecule has 5 aliphatic rings. The van der Waals surface area contributed by atoms with E-state index >= 15 is 0 Å². The Kier molecular flexibility index (Phi) is 3.16. The van der Waals surface area contributed by atoms with Crippen molar-refractivity contribution >= 4 is 11.6 Å². The molecule has 5 fully saturated rings. The Morgan fingerprint density at radius 2 is 1.70 bits per heavy atom. The molecule has 0 amide bonds. The second kappa shape index (κ2) is 4.58. The maximum Gasteiger partial charge on any atom is 0.187 e. The van der Waals surface area contributed by atoms with Crippen LogP contribution in [0.5, 0.6) is 0 Å². The van der Waals surface area contributed by atoms with Gasteiger partial charge in [-0.05, 0) is 63.7 Å². The lowest BCUT2D eigenvalue weighted by Gasteiger charge is -2.70. The van der Waals surface area contributed by atoms with Crippen molar-refractivity contribution in [2.75, 3.05) is 13.2 Å². The van der Waals surface area contributed by atoms with E-state index < -0.39 is 0 Å². The van der Waals surface area contributed by atoms with Crippen LogP contribution in [0.25, 0.3) is 0 Å². The molecule has 5 rings (SSSR count). The molecule has 114 valence electrons. The molecule has 4 aliphatic carbocycles. The summed E-state index contributed by atoms with van der Waals surface area (Å²) in [6, 6.07) is 0. The van der Waals surface area contributed by atoms with Crippen LogP contribution in [0.4, 0.5) is 0 Å². The van der Waals surface area contributed by atoms with Gasteiger partial charge in [0, 0.05) is 18.1 Å². The van der Waals surface area contributed by atoms with Crippen LogP contribution in [0.2, 0.25) is 0 Å². The van der Waals surface area contributed by atoms with Gasteiger partial charge in [0.05, 0.1) is 0 Å². The first kappa shape index (κ1) is 13.8. The van der Waals surface area contributed by atoms with Crippen molar-refractivity contribution in [1.82, 2.24) is 0 Å². The van der Waals surface area contributed by atoms with Crippen LogP contribution in [-0.2, 0) is 14.2 Å². The second-order valence-electron chi connectivity index (χ2n) is 7.17. The Balaban J connectivity index is 1.61. The topological polar surface area (TPSA) is 27.7 Å². The zero-order chi connectivity index (χ0) is 14.0. The average Bonchev–Trinajstić information content (AvgIpc) is 2.37. The molecule has 4 bridgehead atoms. The van der Waals surface area contributed by atoms with E-state index in [0.29, 0.717) is 18.4 Å². The lowest BCUT2D eigenvalue weighted by Crippen LogP contribution is -2.78. The monoisotopic (exact) mass is 300 g/mol. The Morgan fingerprint density at radius 1 is 1.05 bits per heavy atom. The molecule has 0 aromatic rings. The van der Waals surface area contributed by atoms with Crippen LogP contribution in [0.1, 0.15) is 46.0 Å². The Bertz CT molecular complexity index is 383. The largest absolute Gasteiger partial charge is 0.370 e. The number of halogens is 1. The first-order valence-corrected chi connectivity index (χ1v) is 8.59. The maximum absolute atomic E-state index is 6.83. The van der Waals surface area contributed by atoms with Crippen LogP contribution < -0.4 is 0 Å². The number of hydrogen-bond acceptors (Lipinski definition) is 3. The molecule has 1 saturated heterocycles. The fourth-order valence-electron chi connectivity index (χ4n) is 5.71. The van der Waals surface area contributed by atoms with E-state index in [4.69, 9.17) is 25.8 Å². The minimum absolute atomic E-state index is 0.0541. The smallest absolute Gasteiger partial charge is 0.187 e. The molecule has 4 heteroatoms. The van der Waals surface area contributed by atoms with Gasteiger partial charge in [0.2, 0.25) is 0 Å². The molecule has 0 aromatic heterocycles. The highest BCUT2D eigenvalue weighted by atomic mass is 35.5. The first-order chi connectivity index (χ1) is 9.61. The molecular weight excluding hydrogens is 276 g/mol. The summed E-state index contributed by atoms with van der Waals surface area (Å²) in [5, 5.41) is 0. The molecule has 1 spiro atoms. The third-order valence-electron chi connectivity index (χ3n) is 6.08. The SMILES string of the molecule is CCO[C@@H]1OC2([C@@H]3CC4C[C@H]2CC(Cl)(C4)C3)[C@H]1OCC. The molecule has 0 radical (unpaired) electrons. The van der Waals surface area contributed by atoms with E-state index in [1.807, 2.05) is 6.92 Å². The summed E-state index contributed by atoms with van der Waals surface area (Å²) in [5.41, 5.74) is -0.0921. The Morgan fingerprint density at radius 3 is 2.25 bits per heavy atom. The second-order valence-corrected chi connectivity index (χ2v) is 7.97.